The van der Waals surface area contributed by atoms with Gasteiger partial charge in [0.2, 0.25) is 5.95 Å². The van der Waals surface area contributed by atoms with E-state index in [0.717, 1.165) is 43.3 Å². The van der Waals surface area contributed by atoms with Gasteiger partial charge < -0.3 is 14.7 Å². The van der Waals surface area contributed by atoms with Gasteiger partial charge in [-0.25, -0.2) is 9.97 Å². The summed E-state index contributed by atoms with van der Waals surface area (Å²) in [5.41, 5.74) is 2.31. The van der Waals surface area contributed by atoms with Crippen molar-refractivity contribution in [1.29, 1.82) is 0 Å². The van der Waals surface area contributed by atoms with Crippen LogP contribution in [0, 0.1) is 0 Å². The summed E-state index contributed by atoms with van der Waals surface area (Å²) in [6.07, 6.45) is 3.55. The van der Waals surface area contributed by atoms with Crippen molar-refractivity contribution in [3.8, 4) is 0 Å². The van der Waals surface area contributed by atoms with Crippen LogP contribution >= 0.6 is 0 Å². The average molecular weight is 403 g/mol. The van der Waals surface area contributed by atoms with Gasteiger partial charge in [-0.3, -0.25) is 4.79 Å². The molecule has 1 fully saturated rings. The van der Waals surface area contributed by atoms with Gasteiger partial charge in [-0.1, -0.05) is 60.7 Å². The predicted molar refractivity (Wildman–Crippen MR) is 117 cm³/mol. The molecule has 1 saturated heterocycles. The van der Waals surface area contributed by atoms with Crippen LogP contribution in [0.5, 0.6) is 0 Å². The van der Waals surface area contributed by atoms with Crippen LogP contribution in [-0.2, 0) is 17.9 Å². The first-order chi connectivity index (χ1) is 14.8. The fourth-order valence-electron chi connectivity index (χ4n) is 3.82. The highest BCUT2D eigenvalue weighted by atomic mass is 16.2. The van der Waals surface area contributed by atoms with E-state index in [9.17, 15) is 4.79 Å². The van der Waals surface area contributed by atoms with E-state index in [2.05, 4.69) is 39.1 Å². The van der Waals surface area contributed by atoms with Gasteiger partial charge in [-0.05, 0) is 17.2 Å². The van der Waals surface area contributed by atoms with Crippen molar-refractivity contribution in [2.45, 2.75) is 13.1 Å². The number of quaternary nitrogens is 1. The smallest absolute Gasteiger partial charge is 0.278 e. The third-order valence-electron chi connectivity index (χ3n) is 5.49. The normalized spacial score (nSPS) is 14.5. The minimum absolute atomic E-state index is 0.196. The molecule has 30 heavy (non-hydrogen) atoms. The molecule has 0 atom stereocenters. The molecule has 4 rings (SSSR count). The van der Waals surface area contributed by atoms with E-state index in [1.54, 1.807) is 12.4 Å². The quantitative estimate of drug-likeness (QED) is 0.649. The minimum atomic E-state index is 0.196. The maximum absolute atomic E-state index is 13.2. The molecule has 2 heterocycles. The Morgan fingerprint density at radius 3 is 1.90 bits per heavy atom. The van der Waals surface area contributed by atoms with E-state index in [1.165, 1.54) is 4.90 Å². The summed E-state index contributed by atoms with van der Waals surface area (Å²) in [7, 11) is 0. The maximum Gasteiger partial charge on any atom is 0.278 e. The number of piperazine rings is 1. The number of anilines is 1. The summed E-state index contributed by atoms with van der Waals surface area (Å²) in [4.78, 5) is 27.4. The second-order valence-corrected chi connectivity index (χ2v) is 7.68. The van der Waals surface area contributed by atoms with Crippen LogP contribution in [0.1, 0.15) is 11.1 Å². The molecule has 6 nitrogen and oxygen atoms in total. The van der Waals surface area contributed by atoms with Crippen molar-refractivity contribution in [2.75, 3.05) is 37.6 Å². The SMILES string of the molecule is O=C(C[NH+]1CCN(c2ncccn2)CC1)N(Cc1ccccc1)Cc1ccccc1. The molecule has 0 bridgehead atoms. The van der Waals surface area contributed by atoms with Crippen LogP contribution in [0.15, 0.2) is 79.1 Å². The lowest BCUT2D eigenvalue weighted by Gasteiger charge is -2.33. The lowest BCUT2D eigenvalue weighted by molar-refractivity contribution is -0.892. The number of aromatic nitrogens is 2. The van der Waals surface area contributed by atoms with Crippen molar-refractivity contribution in [3.05, 3.63) is 90.3 Å². The second-order valence-electron chi connectivity index (χ2n) is 7.68. The van der Waals surface area contributed by atoms with E-state index in [1.807, 2.05) is 47.4 Å². The van der Waals surface area contributed by atoms with Crippen LogP contribution < -0.4 is 9.80 Å². The standard InChI is InChI=1S/C24H27N5O/c30-23(20-27-14-16-28(17-15-27)24-25-12-7-13-26-24)29(18-21-8-3-1-4-9-21)19-22-10-5-2-6-11-22/h1-13H,14-20H2/p+1. The Morgan fingerprint density at radius 1 is 0.833 bits per heavy atom. The number of amides is 1. The van der Waals surface area contributed by atoms with Crippen LogP contribution in [0.4, 0.5) is 5.95 Å². The van der Waals surface area contributed by atoms with Crippen molar-refractivity contribution in [2.24, 2.45) is 0 Å². The molecule has 154 valence electrons. The summed E-state index contributed by atoms with van der Waals surface area (Å²) in [5.74, 6) is 0.972. The largest absolute Gasteiger partial charge is 0.330 e. The van der Waals surface area contributed by atoms with E-state index in [4.69, 9.17) is 0 Å². The first kappa shape index (κ1) is 20.0. The van der Waals surface area contributed by atoms with Gasteiger partial charge in [0.15, 0.2) is 6.54 Å². The van der Waals surface area contributed by atoms with Gasteiger partial charge in [0.05, 0.1) is 26.2 Å². The van der Waals surface area contributed by atoms with E-state index in [0.29, 0.717) is 19.6 Å². The molecule has 0 saturated carbocycles. The zero-order chi connectivity index (χ0) is 20.6. The molecule has 0 spiro atoms. The van der Waals surface area contributed by atoms with Crippen LogP contribution in [-0.4, -0.2) is 53.5 Å². The van der Waals surface area contributed by atoms with Gasteiger partial charge in [0.25, 0.3) is 5.91 Å². The van der Waals surface area contributed by atoms with E-state index in [-0.39, 0.29) is 5.91 Å². The topological polar surface area (TPSA) is 53.8 Å². The Bertz CT molecular complexity index is 871. The molecule has 1 N–H and O–H groups in total. The van der Waals surface area contributed by atoms with Crippen molar-refractivity contribution in [1.82, 2.24) is 14.9 Å². The van der Waals surface area contributed by atoms with E-state index < -0.39 is 0 Å². The lowest BCUT2D eigenvalue weighted by Crippen LogP contribution is -3.15. The molecular formula is C24H28N5O+. The van der Waals surface area contributed by atoms with Crippen LogP contribution in [0.3, 0.4) is 0 Å². The van der Waals surface area contributed by atoms with Crippen molar-refractivity contribution in [3.63, 3.8) is 0 Å². The maximum atomic E-state index is 13.2. The molecule has 1 aromatic heterocycles. The van der Waals surface area contributed by atoms with Crippen molar-refractivity contribution < 1.29 is 9.69 Å². The third-order valence-corrected chi connectivity index (χ3v) is 5.49. The fourth-order valence-corrected chi connectivity index (χ4v) is 3.82. The zero-order valence-corrected chi connectivity index (χ0v) is 17.2. The minimum Gasteiger partial charge on any atom is -0.330 e. The summed E-state index contributed by atoms with van der Waals surface area (Å²) in [6.45, 7) is 5.33. The lowest BCUT2D eigenvalue weighted by atomic mass is 10.1. The van der Waals surface area contributed by atoms with E-state index >= 15 is 0 Å². The number of nitrogens with one attached hydrogen (secondary N) is 1. The summed E-state index contributed by atoms with van der Waals surface area (Å²) in [5, 5.41) is 0. The molecule has 1 aliphatic rings. The first-order valence-electron chi connectivity index (χ1n) is 10.5. The Morgan fingerprint density at radius 2 is 1.37 bits per heavy atom. The number of hydrogen-bond donors (Lipinski definition) is 1. The molecular weight excluding hydrogens is 374 g/mol. The molecule has 3 aromatic rings. The van der Waals surface area contributed by atoms with Gasteiger partial charge in [0, 0.05) is 25.5 Å². The number of nitrogens with zero attached hydrogens (tertiary/aromatic N) is 4. The number of benzene rings is 2. The number of rotatable bonds is 7. The summed E-state index contributed by atoms with van der Waals surface area (Å²) in [6, 6.07) is 22.3. The highest BCUT2D eigenvalue weighted by molar-refractivity contribution is 5.77. The Kier molecular flexibility index (Phi) is 6.67. The average Bonchev–Trinajstić information content (AvgIpc) is 2.81. The Labute approximate surface area is 177 Å². The molecule has 0 unspecified atom stereocenters. The van der Waals surface area contributed by atoms with Gasteiger partial charge in [0.1, 0.15) is 0 Å². The number of carbonyl (C=O) groups is 1. The summed E-state index contributed by atoms with van der Waals surface area (Å²) >= 11 is 0. The highest BCUT2D eigenvalue weighted by Crippen LogP contribution is 2.10. The number of carbonyl (C=O) groups excluding carboxylic acids is 1. The van der Waals surface area contributed by atoms with Gasteiger partial charge in [-0.2, -0.15) is 0 Å². The second kappa shape index (κ2) is 9.98. The Hall–Kier alpha value is -3.25. The molecule has 6 heteroatoms. The third kappa shape index (κ3) is 5.42. The summed E-state index contributed by atoms with van der Waals surface area (Å²) < 4.78 is 0. The predicted octanol–water partition coefficient (Wildman–Crippen LogP) is 1.41. The highest BCUT2D eigenvalue weighted by Gasteiger charge is 2.26. The molecule has 1 aliphatic heterocycles. The number of hydrogen-bond acceptors (Lipinski definition) is 4. The molecule has 2 aromatic carbocycles. The molecule has 1 amide bonds. The molecule has 0 aliphatic carbocycles. The first-order valence-corrected chi connectivity index (χ1v) is 10.5. The van der Waals surface area contributed by atoms with Crippen LogP contribution in [0.2, 0.25) is 0 Å². The van der Waals surface area contributed by atoms with Crippen molar-refractivity contribution >= 4 is 11.9 Å². The Balaban J connectivity index is 1.38. The monoisotopic (exact) mass is 402 g/mol. The zero-order valence-electron chi connectivity index (χ0n) is 17.2. The van der Waals surface area contributed by atoms with Crippen LogP contribution in [0.25, 0.3) is 0 Å². The molecule has 0 radical (unpaired) electrons. The van der Waals surface area contributed by atoms with Gasteiger partial charge >= 0.3 is 0 Å². The van der Waals surface area contributed by atoms with Gasteiger partial charge in [-0.15, -0.1) is 0 Å². The fraction of sp³-hybridized carbons (Fsp3) is 0.292.